The van der Waals surface area contributed by atoms with Crippen LogP contribution in [0.25, 0.3) is 0 Å². The molecule has 0 bridgehead atoms. The molecule has 0 aliphatic carbocycles. The lowest BCUT2D eigenvalue weighted by molar-refractivity contribution is 0.580. The Morgan fingerprint density at radius 1 is 1.30 bits per heavy atom. The van der Waals surface area contributed by atoms with E-state index in [0.717, 1.165) is 0 Å². The molecule has 1 heterocycles. The molecule has 0 atom stereocenters. The maximum atomic E-state index is 13.0. The predicted octanol–water partition coefficient (Wildman–Crippen LogP) is 3.12. The highest BCUT2D eigenvalue weighted by Gasteiger charge is 2.14. The lowest BCUT2D eigenvalue weighted by Gasteiger charge is -2.07. The molecule has 8 heteroatoms. The van der Waals surface area contributed by atoms with Gasteiger partial charge in [0.25, 0.3) is 0 Å². The maximum absolute atomic E-state index is 13.0. The minimum atomic E-state index is -3.68. The van der Waals surface area contributed by atoms with E-state index in [-0.39, 0.29) is 16.5 Å². The average molecular weight is 380 g/mol. The fourth-order valence-corrected chi connectivity index (χ4v) is 3.18. The summed E-state index contributed by atoms with van der Waals surface area (Å²) >= 11 is 8.79. The molecule has 0 saturated heterocycles. The van der Waals surface area contributed by atoms with E-state index in [9.17, 15) is 12.8 Å². The molecule has 2 rings (SSSR count). The summed E-state index contributed by atoms with van der Waals surface area (Å²) in [6, 6.07) is 5.46. The van der Waals surface area contributed by atoms with Crippen LogP contribution < -0.4 is 4.72 Å². The topological polar surface area (TPSA) is 59.1 Å². The first-order chi connectivity index (χ1) is 9.38. The number of nitrogens with zero attached hydrogens (tertiary/aromatic N) is 1. The van der Waals surface area contributed by atoms with Crippen molar-refractivity contribution in [1.29, 1.82) is 0 Å². The molecule has 2 aromatic rings. The van der Waals surface area contributed by atoms with Crippen LogP contribution in [0.15, 0.2) is 46.0 Å². The molecule has 0 fully saturated rings. The predicted molar refractivity (Wildman–Crippen MR) is 77.4 cm³/mol. The molecule has 20 heavy (non-hydrogen) atoms. The van der Waals surface area contributed by atoms with Gasteiger partial charge in [-0.05, 0) is 39.7 Å². The van der Waals surface area contributed by atoms with Gasteiger partial charge in [0.15, 0.2) is 0 Å². The summed E-state index contributed by atoms with van der Waals surface area (Å²) in [6.07, 6.45) is 2.73. The molecule has 1 aromatic carbocycles. The number of hydrogen-bond acceptors (Lipinski definition) is 3. The molecular weight excluding hydrogens is 371 g/mol. The summed E-state index contributed by atoms with van der Waals surface area (Å²) in [5, 5.41) is -0.0502. The quantitative estimate of drug-likeness (QED) is 0.888. The van der Waals surface area contributed by atoms with Crippen LogP contribution in [0.2, 0.25) is 5.02 Å². The first-order valence-electron chi connectivity index (χ1n) is 5.42. The maximum Gasteiger partial charge on any atom is 0.242 e. The van der Waals surface area contributed by atoms with Crippen molar-refractivity contribution in [3.8, 4) is 0 Å². The number of nitrogens with one attached hydrogen (secondary N) is 1. The van der Waals surface area contributed by atoms with Crippen LogP contribution in [0.1, 0.15) is 5.56 Å². The van der Waals surface area contributed by atoms with Gasteiger partial charge in [0.2, 0.25) is 10.0 Å². The number of sulfonamides is 1. The van der Waals surface area contributed by atoms with E-state index in [4.69, 9.17) is 11.6 Å². The van der Waals surface area contributed by atoms with Crippen LogP contribution in [0, 0.1) is 5.82 Å². The Hall–Kier alpha value is -1.02. The first kappa shape index (κ1) is 15.4. The Labute approximate surface area is 129 Å². The van der Waals surface area contributed by atoms with Crippen LogP contribution >= 0.6 is 27.5 Å². The highest BCUT2D eigenvalue weighted by atomic mass is 79.9. The number of pyridine rings is 1. The van der Waals surface area contributed by atoms with Gasteiger partial charge < -0.3 is 0 Å². The molecule has 1 N–H and O–H groups in total. The highest BCUT2D eigenvalue weighted by molar-refractivity contribution is 9.10. The average Bonchev–Trinajstić information content (AvgIpc) is 2.40. The monoisotopic (exact) mass is 378 g/mol. The molecule has 0 spiro atoms. The van der Waals surface area contributed by atoms with Gasteiger partial charge in [0, 0.05) is 23.4 Å². The summed E-state index contributed by atoms with van der Waals surface area (Å²) in [6.45, 7) is 0.00878. The Balaban J connectivity index is 2.15. The van der Waals surface area contributed by atoms with Crippen LogP contribution in [0.3, 0.4) is 0 Å². The molecule has 0 unspecified atom stereocenters. The molecule has 0 saturated carbocycles. The second-order valence-electron chi connectivity index (χ2n) is 3.91. The number of rotatable bonds is 4. The zero-order chi connectivity index (χ0) is 14.8. The molecular formula is C12H9BrClFN2O2S. The van der Waals surface area contributed by atoms with Crippen molar-refractivity contribution in [2.45, 2.75) is 11.4 Å². The third kappa shape index (κ3) is 3.76. The van der Waals surface area contributed by atoms with Gasteiger partial charge in [-0.25, -0.2) is 17.5 Å². The molecule has 0 aliphatic heterocycles. The van der Waals surface area contributed by atoms with E-state index in [1.165, 1.54) is 36.7 Å². The number of benzene rings is 1. The van der Waals surface area contributed by atoms with Gasteiger partial charge in [-0.3, -0.25) is 4.98 Å². The van der Waals surface area contributed by atoms with E-state index in [1.807, 2.05) is 0 Å². The minimum absolute atomic E-state index is 0.00878. The number of aromatic nitrogens is 1. The molecule has 4 nitrogen and oxygen atoms in total. The zero-order valence-corrected chi connectivity index (χ0v) is 13.1. The van der Waals surface area contributed by atoms with E-state index >= 15 is 0 Å². The largest absolute Gasteiger partial charge is 0.262 e. The third-order valence-corrected chi connectivity index (χ3v) is 4.53. The van der Waals surface area contributed by atoms with Crippen molar-refractivity contribution in [3.63, 3.8) is 0 Å². The lowest BCUT2D eigenvalue weighted by Crippen LogP contribution is -2.23. The van der Waals surface area contributed by atoms with Gasteiger partial charge in [0.1, 0.15) is 10.7 Å². The summed E-state index contributed by atoms with van der Waals surface area (Å²) < 4.78 is 40.0. The second-order valence-corrected chi connectivity index (χ2v) is 7.00. The summed E-state index contributed by atoms with van der Waals surface area (Å²) in [5.74, 6) is -0.547. The summed E-state index contributed by atoms with van der Waals surface area (Å²) in [5.41, 5.74) is 0.558. The van der Waals surface area contributed by atoms with E-state index in [2.05, 4.69) is 25.6 Å². The van der Waals surface area contributed by atoms with E-state index < -0.39 is 15.8 Å². The summed E-state index contributed by atoms with van der Waals surface area (Å²) in [4.78, 5) is 3.84. The fraction of sp³-hybridized carbons (Fsp3) is 0.0833. The normalized spacial score (nSPS) is 11.6. The van der Waals surface area contributed by atoms with Crippen LogP contribution in [0.4, 0.5) is 4.39 Å². The van der Waals surface area contributed by atoms with Gasteiger partial charge >= 0.3 is 0 Å². The van der Waals surface area contributed by atoms with Gasteiger partial charge in [0.05, 0.1) is 5.02 Å². The van der Waals surface area contributed by atoms with Crippen molar-refractivity contribution in [2.24, 2.45) is 0 Å². The van der Waals surface area contributed by atoms with Crippen LogP contribution in [0.5, 0.6) is 0 Å². The smallest absolute Gasteiger partial charge is 0.242 e. The molecule has 0 aliphatic rings. The van der Waals surface area contributed by atoms with Gasteiger partial charge in [-0.2, -0.15) is 0 Å². The number of hydrogen-bond donors (Lipinski definition) is 1. The molecule has 106 valence electrons. The van der Waals surface area contributed by atoms with E-state index in [0.29, 0.717) is 10.0 Å². The minimum Gasteiger partial charge on any atom is -0.262 e. The van der Waals surface area contributed by atoms with Crippen molar-refractivity contribution in [2.75, 3.05) is 0 Å². The Kier molecular flexibility index (Phi) is 4.74. The van der Waals surface area contributed by atoms with Crippen LogP contribution in [-0.2, 0) is 16.6 Å². The van der Waals surface area contributed by atoms with Crippen molar-refractivity contribution >= 4 is 37.6 Å². The molecule has 1 aromatic heterocycles. The second kappa shape index (κ2) is 6.17. The van der Waals surface area contributed by atoms with Crippen molar-refractivity contribution < 1.29 is 12.8 Å². The summed E-state index contributed by atoms with van der Waals surface area (Å²) in [7, 11) is -3.68. The van der Waals surface area contributed by atoms with E-state index in [1.54, 1.807) is 0 Å². The molecule has 0 amide bonds. The van der Waals surface area contributed by atoms with Crippen LogP contribution in [-0.4, -0.2) is 13.4 Å². The standard InChI is InChI=1S/C12H9BrClFN2O2S/c13-9-4-10(7-16-6-9)20(18,19)17-5-8-1-2-12(15)11(14)3-8/h1-4,6-7,17H,5H2. The Morgan fingerprint density at radius 3 is 2.70 bits per heavy atom. The zero-order valence-electron chi connectivity index (χ0n) is 9.98. The van der Waals surface area contributed by atoms with Crippen molar-refractivity contribution in [3.05, 3.63) is 57.5 Å². The highest BCUT2D eigenvalue weighted by Crippen LogP contribution is 2.17. The lowest BCUT2D eigenvalue weighted by atomic mass is 10.2. The number of halogens is 3. The van der Waals surface area contributed by atoms with Gasteiger partial charge in [-0.15, -0.1) is 0 Å². The van der Waals surface area contributed by atoms with Gasteiger partial charge in [-0.1, -0.05) is 17.7 Å². The SMILES string of the molecule is O=S(=O)(NCc1ccc(F)c(Cl)c1)c1cncc(Br)c1. The third-order valence-electron chi connectivity index (χ3n) is 2.44. The first-order valence-corrected chi connectivity index (χ1v) is 8.08. The van der Waals surface area contributed by atoms with Crippen molar-refractivity contribution in [1.82, 2.24) is 9.71 Å². The molecule has 0 radical (unpaired) electrons. The fourth-order valence-electron chi connectivity index (χ4n) is 1.45. The Morgan fingerprint density at radius 2 is 2.05 bits per heavy atom. The Bertz CT molecular complexity index is 740.